The van der Waals surface area contributed by atoms with Crippen LogP contribution in [-0.2, 0) is 15.6 Å². The van der Waals surface area contributed by atoms with Crippen LogP contribution in [0.15, 0.2) is 40.2 Å². The van der Waals surface area contributed by atoms with Crippen LogP contribution < -0.4 is 0 Å². The molecule has 1 N–H and O–H groups in total. The van der Waals surface area contributed by atoms with Crippen molar-refractivity contribution in [2.24, 2.45) is 0 Å². The van der Waals surface area contributed by atoms with E-state index in [0.29, 0.717) is 10.6 Å². The Morgan fingerprint density at radius 2 is 2.04 bits per heavy atom. The van der Waals surface area contributed by atoms with Crippen molar-refractivity contribution in [1.29, 1.82) is 0 Å². The average molecular weight is 435 g/mol. The lowest BCUT2D eigenvalue weighted by molar-refractivity contribution is -0.0648. The van der Waals surface area contributed by atoms with Crippen LogP contribution in [0.3, 0.4) is 0 Å². The molecule has 1 fully saturated rings. The maximum atomic E-state index is 12.6. The second-order valence-corrected chi connectivity index (χ2v) is 9.39. The molecule has 0 radical (unpaired) electrons. The van der Waals surface area contributed by atoms with Crippen LogP contribution in [0.1, 0.15) is 25.5 Å². The fraction of sp³-hybridized carbons (Fsp3) is 0.400. The Morgan fingerprint density at radius 1 is 1.38 bits per heavy atom. The van der Waals surface area contributed by atoms with Gasteiger partial charge in [-0.15, -0.1) is 0 Å². The van der Waals surface area contributed by atoms with Gasteiger partial charge in [-0.2, -0.15) is 4.31 Å². The van der Waals surface area contributed by atoms with Gasteiger partial charge in [-0.25, -0.2) is 13.4 Å². The lowest BCUT2D eigenvalue weighted by Gasteiger charge is -2.45. The smallest absolute Gasteiger partial charge is 0.262 e. The van der Waals surface area contributed by atoms with E-state index in [-0.39, 0.29) is 24.2 Å². The highest BCUT2D eigenvalue weighted by molar-refractivity contribution is 9.10. The van der Waals surface area contributed by atoms with E-state index in [0.717, 1.165) is 4.47 Å². The first-order valence-electron chi connectivity index (χ1n) is 7.35. The monoisotopic (exact) mass is 433 g/mol. The third-order valence-corrected chi connectivity index (χ3v) is 6.57. The van der Waals surface area contributed by atoms with Gasteiger partial charge in [0, 0.05) is 40.4 Å². The number of benzene rings is 1. The number of hydrogen-bond donors (Lipinski definition) is 1. The fourth-order valence-corrected chi connectivity index (χ4v) is 4.93. The number of rotatable bonds is 4. The standard InChI is InChI=1S/C15H17BrClN3O3S/c1-10(2)19-6-14(18-9-19)24(22,23)20-7-15(21,8-20)12-4-3-11(16)5-13(12)17/h3-6,9-10,21H,7-8H2,1-2H3. The van der Waals surface area contributed by atoms with Crippen LogP contribution in [0.4, 0.5) is 0 Å². The summed E-state index contributed by atoms with van der Waals surface area (Å²) in [6.07, 6.45) is 3.00. The second kappa shape index (κ2) is 6.10. The van der Waals surface area contributed by atoms with Gasteiger partial charge in [-0.05, 0) is 26.0 Å². The molecule has 130 valence electrons. The molecule has 0 bridgehead atoms. The van der Waals surface area contributed by atoms with Gasteiger partial charge in [-0.3, -0.25) is 0 Å². The van der Waals surface area contributed by atoms with Crippen LogP contribution in [0.25, 0.3) is 0 Å². The van der Waals surface area contributed by atoms with Crippen LogP contribution in [0.2, 0.25) is 5.02 Å². The predicted molar refractivity (Wildman–Crippen MR) is 94.4 cm³/mol. The largest absolute Gasteiger partial charge is 0.382 e. The van der Waals surface area contributed by atoms with Crippen LogP contribution in [-0.4, -0.2) is 40.5 Å². The van der Waals surface area contributed by atoms with Crippen molar-refractivity contribution in [2.45, 2.75) is 30.5 Å². The molecule has 1 aliphatic rings. The number of aromatic nitrogens is 2. The van der Waals surface area contributed by atoms with E-state index in [1.54, 1.807) is 22.8 Å². The first-order valence-corrected chi connectivity index (χ1v) is 9.96. The SMILES string of the molecule is CC(C)n1cnc(S(=O)(=O)N2CC(O)(c3ccc(Br)cc3Cl)C2)c1. The summed E-state index contributed by atoms with van der Waals surface area (Å²) in [5.41, 5.74) is -0.766. The molecule has 1 aromatic heterocycles. The Balaban J connectivity index is 1.81. The highest BCUT2D eigenvalue weighted by atomic mass is 79.9. The van der Waals surface area contributed by atoms with Crippen molar-refractivity contribution < 1.29 is 13.5 Å². The Labute approximate surface area is 154 Å². The van der Waals surface area contributed by atoms with E-state index in [2.05, 4.69) is 20.9 Å². The lowest BCUT2D eigenvalue weighted by Crippen LogP contribution is -2.61. The van der Waals surface area contributed by atoms with E-state index in [4.69, 9.17) is 11.6 Å². The quantitative estimate of drug-likeness (QED) is 0.803. The number of sulfonamides is 1. The molecule has 2 aromatic rings. The third-order valence-electron chi connectivity index (χ3n) is 4.09. The van der Waals surface area contributed by atoms with Crippen molar-refractivity contribution in [3.8, 4) is 0 Å². The molecule has 1 aromatic carbocycles. The summed E-state index contributed by atoms with van der Waals surface area (Å²) >= 11 is 9.48. The van der Waals surface area contributed by atoms with E-state index in [1.165, 1.54) is 16.8 Å². The summed E-state index contributed by atoms with van der Waals surface area (Å²) in [5.74, 6) is 0. The summed E-state index contributed by atoms with van der Waals surface area (Å²) in [7, 11) is -3.73. The van der Waals surface area contributed by atoms with Gasteiger partial charge in [0.1, 0.15) is 5.60 Å². The van der Waals surface area contributed by atoms with Crippen molar-refractivity contribution in [3.63, 3.8) is 0 Å². The van der Waals surface area contributed by atoms with E-state index in [1.807, 2.05) is 13.8 Å². The number of halogens is 2. The van der Waals surface area contributed by atoms with E-state index < -0.39 is 15.6 Å². The summed E-state index contributed by atoms with van der Waals surface area (Å²) in [5, 5.41) is 11.1. The fourth-order valence-electron chi connectivity index (χ4n) is 2.61. The zero-order valence-corrected chi connectivity index (χ0v) is 16.3. The predicted octanol–water partition coefficient (Wildman–Crippen LogP) is 2.77. The van der Waals surface area contributed by atoms with Crippen molar-refractivity contribution >= 4 is 37.6 Å². The van der Waals surface area contributed by atoms with Crippen molar-refractivity contribution in [3.05, 3.63) is 45.8 Å². The molecule has 0 aliphatic carbocycles. The van der Waals surface area contributed by atoms with Gasteiger partial charge in [-0.1, -0.05) is 33.6 Å². The maximum Gasteiger partial charge on any atom is 0.262 e. The average Bonchev–Trinajstić information content (AvgIpc) is 2.94. The van der Waals surface area contributed by atoms with Crippen molar-refractivity contribution in [2.75, 3.05) is 13.1 Å². The molecule has 9 heteroatoms. The molecular formula is C15H17BrClN3O3S. The number of hydrogen-bond acceptors (Lipinski definition) is 4. The minimum atomic E-state index is -3.73. The Bertz CT molecular complexity index is 876. The first kappa shape index (κ1) is 17.9. The zero-order valence-electron chi connectivity index (χ0n) is 13.1. The topological polar surface area (TPSA) is 75.4 Å². The highest BCUT2D eigenvalue weighted by Crippen LogP contribution is 2.39. The summed E-state index contributed by atoms with van der Waals surface area (Å²) in [6.45, 7) is 3.78. The molecule has 6 nitrogen and oxygen atoms in total. The Morgan fingerprint density at radius 3 is 2.58 bits per heavy atom. The number of β-amino-alcohol motifs (C(OH)–C–C–N with tert-alkyl or cyclic N) is 1. The van der Waals surface area contributed by atoms with Crippen LogP contribution in [0.5, 0.6) is 0 Å². The van der Waals surface area contributed by atoms with Gasteiger partial charge in [0.15, 0.2) is 5.03 Å². The molecule has 0 saturated carbocycles. The highest BCUT2D eigenvalue weighted by Gasteiger charge is 2.49. The molecule has 0 spiro atoms. The molecule has 1 saturated heterocycles. The van der Waals surface area contributed by atoms with Crippen LogP contribution >= 0.6 is 27.5 Å². The Kier molecular flexibility index (Phi) is 4.55. The number of imidazole rings is 1. The molecule has 3 rings (SSSR count). The Hall–Kier alpha value is -0.930. The second-order valence-electron chi connectivity index (χ2n) is 6.18. The maximum absolute atomic E-state index is 12.6. The number of aliphatic hydroxyl groups is 1. The van der Waals surface area contributed by atoms with Crippen LogP contribution in [0, 0.1) is 0 Å². The minimum Gasteiger partial charge on any atom is -0.382 e. The molecular weight excluding hydrogens is 418 g/mol. The first-order chi connectivity index (χ1) is 11.1. The van der Waals surface area contributed by atoms with Gasteiger partial charge < -0.3 is 9.67 Å². The normalized spacial score (nSPS) is 17.9. The molecule has 2 heterocycles. The number of nitrogens with zero attached hydrogens (tertiary/aromatic N) is 3. The molecule has 1 aliphatic heterocycles. The summed E-state index contributed by atoms with van der Waals surface area (Å²) in [6, 6.07) is 5.26. The zero-order chi connectivity index (χ0) is 17.7. The molecule has 0 amide bonds. The van der Waals surface area contributed by atoms with Gasteiger partial charge in [0.25, 0.3) is 10.0 Å². The van der Waals surface area contributed by atoms with Gasteiger partial charge in [0.2, 0.25) is 0 Å². The lowest BCUT2D eigenvalue weighted by atomic mass is 9.88. The minimum absolute atomic E-state index is 0.0137. The summed E-state index contributed by atoms with van der Waals surface area (Å²) < 4.78 is 28.9. The van der Waals surface area contributed by atoms with Gasteiger partial charge in [0.05, 0.1) is 6.33 Å². The van der Waals surface area contributed by atoms with E-state index in [9.17, 15) is 13.5 Å². The molecule has 0 unspecified atom stereocenters. The third kappa shape index (κ3) is 3.01. The molecule has 24 heavy (non-hydrogen) atoms. The summed E-state index contributed by atoms with van der Waals surface area (Å²) in [4.78, 5) is 3.98. The molecule has 0 atom stereocenters. The van der Waals surface area contributed by atoms with Gasteiger partial charge >= 0.3 is 0 Å². The van der Waals surface area contributed by atoms with E-state index >= 15 is 0 Å². The van der Waals surface area contributed by atoms with Crippen molar-refractivity contribution in [1.82, 2.24) is 13.9 Å².